The molecule has 2 heterocycles. The van der Waals surface area contributed by atoms with Gasteiger partial charge in [-0.3, -0.25) is 9.59 Å². The van der Waals surface area contributed by atoms with E-state index in [2.05, 4.69) is 10.3 Å². The number of piperazine rings is 1. The van der Waals surface area contributed by atoms with Crippen LogP contribution in [0, 0.1) is 0 Å². The van der Waals surface area contributed by atoms with Crippen LogP contribution >= 0.6 is 0 Å². The number of rotatable bonds is 4. The Balaban J connectivity index is 1.73. The van der Waals surface area contributed by atoms with Crippen LogP contribution in [0.25, 0.3) is 0 Å². The number of carbonyl (C=O) groups excluding carboxylic acids is 3. The SMILES string of the molecule is COC(=O)c1ccccc1NC(=O)c1ccnc(N2CCN(C(C)=O)CC2)c1. The van der Waals surface area contributed by atoms with Crippen LogP contribution in [0.1, 0.15) is 27.6 Å². The molecule has 0 bridgehead atoms. The molecule has 1 aliphatic heterocycles. The standard InChI is InChI=1S/C20H22N4O4/c1-14(25)23-9-11-24(12-10-23)18-13-15(7-8-21-18)19(26)22-17-6-4-3-5-16(17)20(27)28-2/h3-8,13H,9-12H2,1-2H3,(H,22,26). The van der Waals surface area contributed by atoms with E-state index in [9.17, 15) is 14.4 Å². The Labute approximate surface area is 163 Å². The average molecular weight is 382 g/mol. The van der Waals surface area contributed by atoms with Gasteiger partial charge in [0.25, 0.3) is 5.91 Å². The highest BCUT2D eigenvalue weighted by Gasteiger charge is 2.21. The number of carbonyl (C=O) groups is 3. The van der Waals surface area contributed by atoms with Gasteiger partial charge in [0.15, 0.2) is 0 Å². The van der Waals surface area contributed by atoms with E-state index < -0.39 is 5.97 Å². The molecule has 8 heteroatoms. The van der Waals surface area contributed by atoms with Crippen molar-refractivity contribution in [1.82, 2.24) is 9.88 Å². The maximum absolute atomic E-state index is 12.7. The number of pyridine rings is 1. The van der Waals surface area contributed by atoms with E-state index in [0.717, 1.165) is 0 Å². The van der Waals surface area contributed by atoms with E-state index in [1.54, 1.807) is 54.4 Å². The maximum Gasteiger partial charge on any atom is 0.339 e. The zero-order valence-corrected chi connectivity index (χ0v) is 15.8. The minimum Gasteiger partial charge on any atom is -0.465 e. The Morgan fingerprint density at radius 3 is 2.46 bits per heavy atom. The van der Waals surface area contributed by atoms with Crippen molar-refractivity contribution < 1.29 is 19.1 Å². The van der Waals surface area contributed by atoms with Crippen LogP contribution in [0.5, 0.6) is 0 Å². The Hall–Kier alpha value is -3.42. The van der Waals surface area contributed by atoms with Gasteiger partial charge in [0, 0.05) is 44.9 Å². The van der Waals surface area contributed by atoms with Crippen LogP contribution in [0.15, 0.2) is 42.6 Å². The zero-order chi connectivity index (χ0) is 20.1. The van der Waals surface area contributed by atoms with Crippen molar-refractivity contribution in [1.29, 1.82) is 0 Å². The molecule has 3 rings (SSSR count). The Kier molecular flexibility index (Phi) is 5.88. The molecule has 0 radical (unpaired) electrons. The summed E-state index contributed by atoms with van der Waals surface area (Å²) < 4.78 is 4.75. The first-order chi connectivity index (χ1) is 13.5. The number of hydrogen-bond acceptors (Lipinski definition) is 6. The van der Waals surface area contributed by atoms with Crippen molar-refractivity contribution in [3.63, 3.8) is 0 Å². The predicted molar refractivity (Wildman–Crippen MR) is 104 cm³/mol. The fourth-order valence-corrected chi connectivity index (χ4v) is 3.06. The highest BCUT2D eigenvalue weighted by atomic mass is 16.5. The van der Waals surface area contributed by atoms with Gasteiger partial charge in [-0.25, -0.2) is 9.78 Å². The minimum absolute atomic E-state index is 0.0602. The third-order valence-electron chi connectivity index (χ3n) is 4.64. The predicted octanol–water partition coefficient (Wildman–Crippen LogP) is 1.79. The van der Waals surface area contributed by atoms with Crippen molar-refractivity contribution in [3.05, 3.63) is 53.7 Å². The average Bonchev–Trinajstić information content (AvgIpc) is 2.73. The summed E-state index contributed by atoms with van der Waals surface area (Å²) >= 11 is 0. The molecule has 0 unspecified atom stereocenters. The van der Waals surface area contributed by atoms with Gasteiger partial charge in [-0.15, -0.1) is 0 Å². The molecule has 1 saturated heterocycles. The first kappa shape index (κ1) is 19.3. The lowest BCUT2D eigenvalue weighted by molar-refractivity contribution is -0.129. The monoisotopic (exact) mass is 382 g/mol. The molecular weight excluding hydrogens is 360 g/mol. The van der Waals surface area contributed by atoms with Crippen LogP contribution in [-0.2, 0) is 9.53 Å². The molecule has 8 nitrogen and oxygen atoms in total. The lowest BCUT2D eigenvalue weighted by Crippen LogP contribution is -2.48. The van der Waals surface area contributed by atoms with Gasteiger partial charge < -0.3 is 19.9 Å². The minimum atomic E-state index is -0.519. The van der Waals surface area contributed by atoms with Crippen molar-refractivity contribution in [3.8, 4) is 0 Å². The summed E-state index contributed by atoms with van der Waals surface area (Å²) in [6.07, 6.45) is 1.58. The third-order valence-corrected chi connectivity index (χ3v) is 4.64. The number of benzene rings is 1. The lowest BCUT2D eigenvalue weighted by atomic mass is 10.1. The second kappa shape index (κ2) is 8.51. The normalized spacial score (nSPS) is 13.8. The van der Waals surface area contributed by atoms with Gasteiger partial charge in [-0.1, -0.05) is 12.1 Å². The highest BCUT2D eigenvalue weighted by Crippen LogP contribution is 2.19. The Bertz CT molecular complexity index is 891. The number of anilines is 2. The number of esters is 1. The topological polar surface area (TPSA) is 91.8 Å². The van der Waals surface area contributed by atoms with Gasteiger partial charge in [0.05, 0.1) is 18.4 Å². The second-order valence-corrected chi connectivity index (χ2v) is 6.39. The fourth-order valence-electron chi connectivity index (χ4n) is 3.06. The van der Waals surface area contributed by atoms with E-state index in [-0.39, 0.29) is 17.4 Å². The molecule has 0 spiro atoms. The first-order valence-electron chi connectivity index (χ1n) is 8.95. The number of methoxy groups -OCH3 is 1. The summed E-state index contributed by atoms with van der Waals surface area (Å²) in [5.41, 5.74) is 1.10. The van der Waals surface area contributed by atoms with E-state index in [1.807, 2.05) is 4.90 Å². The molecule has 146 valence electrons. The summed E-state index contributed by atoms with van der Waals surface area (Å²) in [5, 5.41) is 2.76. The van der Waals surface area contributed by atoms with Crippen LogP contribution < -0.4 is 10.2 Å². The number of para-hydroxylation sites is 1. The molecule has 28 heavy (non-hydrogen) atoms. The number of nitrogens with one attached hydrogen (secondary N) is 1. The second-order valence-electron chi connectivity index (χ2n) is 6.39. The van der Waals surface area contributed by atoms with Gasteiger partial charge in [-0.05, 0) is 24.3 Å². The van der Waals surface area contributed by atoms with Gasteiger partial charge in [-0.2, -0.15) is 0 Å². The van der Waals surface area contributed by atoms with Crippen LogP contribution in [0.3, 0.4) is 0 Å². The van der Waals surface area contributed by atoms with Crippen molar-refractivity contribution in [2.45, 2.75) is 6.92 Å². The first-order valence-corrected chi connectivity index (χ1v) is 8.95. The van der Waals surface area contributed by atoms with Gasteiger partial charge in [0.1, 0.15) is 5.82 Å². The number of aromatic nitrogens is 1. The molecule has 0 aliphatic carbocycles. The van der Waals surface area contributed by atoms with Crippen molar-refractivity contribution >= 4 is 29.3 Å². The molecule has 1 aromatic heterocycles. The van der Waals surface area contributed by atoms with Crippen LogP contribution in [0.2, 0.25) is 0 Å². The molecule has 1 fully saturated rings. The summed E-state index contributed by atoms with van der Waals surface area (Å²) in [6, 6.07) is 9.99. The zero-order valence-electron chi connectivity index (χ0n) is 15.8. The molecule has 1 aliphatic rings. The largest absolute Gasteiger partial charge is 0.465 e. The number of amides is 2. The number of ether oxygens (including phenoxy) is 1. The highest BCUT2D eigenvalue weighted by molar-refractivity contribution is 6.08. The number of hydrogen-bond donors (Lipinski definition) is 1. The van der Waals surface area contributed by atoms with Crippen molar-refractivity contribution in [2.24, 2.45) is 0 Å². The van der Waals surface area contributed by atoms with Gasteiger partial charge in [0.2, 0.25) is 5.91 Å². The van der Waals surface area contributed by atoms with E-state index in [1.165, 1.54) is 7.11 Å². The quantitative estimate of drug-likeness (QED) is 0.811. The summed E-state index contributed by atoms with van der Waals surface area (Å²) in [7, 11) is 1.29. The lowest BCUT2D eigenvalue weighted by Gasteiger charge is -2.35. The summed E-state index contributed by atoms with van der Waals surface area (Å²) in [5.74, 6) is -0.126. The maximum atomic E-state index is 12.7. The molecular formula is C20H22N4O4. The smallest absolute Gasteiger partial charge is 0.339 e. The molecule has 1 aromatic carbocycles. The summed E-state index contributed by atoms with van der Waals surface area (Å²) in [4.78, 5) is 44.2. The van der Waals surface area contributed by atoms with Crippen LogP contribution in [-0.4, -0.2) is 61.0 Å². The van der Waals surface area contributed by atoms with Crippen LogP contribution in [0.4, 0.5) is 11.5 Å². The molecule has 1 N–H and O–H groups in total. The Morgan fingerprint density at radius 2 is 1.79 bits per heavy atom. The molecule has 0 saturated carbocycles. The van der Waals surface area contributed by atoms with E-state index in [4.69, 9.17) is 4.74 Å². The molecule has 0 atom stereocenters. The Morgan fingerprint density at radius 1 is 1.07 bits per heavy atom. The van der Waals surface area contributed by atoms with Gasteiger partial charge >= 0.3 is 5.97 Å². The number of nitrogens with zero attached hydrogens (tertiary/aromatic N) is 3. The van der Waals surface area contributed by atoms with E-state index in [0.29, 0.717) is 43.2 Å². The molecule has 2 amide bonds. The summed E-state index contributed by atoms with van der Waals surface area (Å²) in [6.45, 7) is 4.12. The van der Waals surface area contributed by atoms with E-state index >= 15 is 0 Å². The van der Waals surface area contributed by atoms with Crippen molar-refractivity contribution in [2.75, 3.05) is 43.5 Å². The fraction of sp³-hybridized carbons (Fsp3) is 0.300. The third kappa shape index (κ3) is 4.28. The molecule has 2 aromatic rings.